The molecule has 0 heterocycles. The van der Waals surface area contributed by atoms with Crippen molar-refractivity contribution >= 4 is 5.97 Å². The summed E-state index contributed by atoms with van der Waals surface area (Å²) in [5.74, 6) is 0.258. The van der Waals surface area contributed by atoms with Crippen molar-refractivity contribution in [3.8, 4) is 0 Å². The maximum absolute atomic E-state index is 11.2. The molecule has 0 aliphatic rings. The number of ether oxygens (including phenoxy) is 1. The van der Waals surface area contributed by atoms with E-state index in [0.29, 0.717) is 12.5 Å². The largest absolute Gasteiger partial charge is 0.462 e. The SMILES string of the molecule is C=CC(=O)OC[C@@H](CCCCCC)CCCCCCCC. The fourth-order valence-corrected chi connectivity index (χ4v) is 2.64. The van der Waals surface area contributed by atoms with Crippen molar-refractivity contribution in [3.05, 3.63) is 12.7 Å². The number of hydrogen-bond donors (Lipinski definition) is 0. The van der Waals surface area contributed by atoms with Crippen LogP contribution in [0.4, 0.5) is 0 Å². The molecule has 0 spiro atoms. The Labute approximate surface area is 132 Å². The van der Waals surface area contributed by atoms with E-state index in [0.717, 1.165) is 0 Å². The minimum atomic E-state index is -0.281. The molecule has 0 amide bonds. The average molecular weight is 296 g/mol. The van der Waals surface area contributed by atoms with Crippen molar-refractivity contribution in [2.24, 2.45) is 5.92 Å². The third-order valence-electron chi connectivity index (χ3n) is 4.06. The van der Waals surface area contributed by atoms with Gasteiger partial charge in [-0.1, -0.05) is 84.6 Å². The zero-order valence-corrected chi connectivity index (χ0v) is 14.4. The molecule has 0 aromatic carbocycles. The summed E-state index contributed by atoms with van der Waals surface area (Å²) in [5, 5.41) is 0. The minimum Gasteiger partial charge on any atom is -0.462 e. The molecule has 0 rings (SSSR count). The molecule has 0 N–H and O–H groups in total. The Morgan fingerprint density at radius 1 is 0.905 bits per heavy atom. The van der Waals surface area contributed by atoms with Gasteiger partial charge in [0, 0.05) is 6.08 Å². The third kappa shape index (κ3) is 13.9. The van der Waals surface area contributed by atoms with E-state index in [2.05, 4.69) is 20.4 Å². The average Bonchev–Trinajstić information content (AvgIpc) is 2.51. The minimum absolute atomic E-state index is 0.281. The summed E-state index contributed by atoms with van der Waals surface area (Å²) in [7, 11) is 0. The molecule has 2 nitrogen and oxygen atoms in total. The van der Waals surface area contributed by atoms with Gasteiger partial charge in [0.25, 0.3) is 0 Å². The summed E-state index contributed by atoms with van der Waals surface area (Å²) in [6, 6.07) is 0. The molecular formula is C19H36O2. The van der Waals surface area contributed by atoms with Gasteiger partial charge in [-0.25, -0.2) is 4.79 Å². The molecule has 0 aromatic rings. The fourth-order valence-electron chi connectivity index (χ4n) is 2.64. The molecule has 0 radical (unpaired) electrons. The van der Waals surface area contributed by atoms with Crippen LogP contribution in [0, 0.1) is 5.92 Å². The smallest absolute Gasteiger partial charge is 0.330 e. The van der Waals surface area contributed by atoms with E-state index < -0.39 is 0 Å². The second-order valence-electron chi connectivity index (χ2n) is 6.11. The summed E-state index contributed by atoms with van der Waals surface area (Å²) >= 11 is 0. The summed E-state index contributed by atoms with van der Waals surface area (Å²) < 4.78 is 5.25. The lowest BCUT2D eigenvalue weighted by Crippen LogP contribution is -2.13. The van der Waals surface area contributed by atoms with Gasteiger partial charge in [-0.05, 0) is 18.8 Å². The molecule has 0 aliphatic heterocycles. The highest BCUT2D eigenvalue weighted by molar-refractivity contribution is 5.81. The standard InChI is InChI=1S/C19H36O2/c1-4-7-9-11-12-14-16-18(15-13-10-8-5-2)17-21-19(20)6-3/h6,18H,3-5,7-17H2,1-2H3/t18-/m0/s1. The molecule has 0 aromatic heterocycles. The predicted molar refractivity (Wildman–Crippen MR) is 91.4 cm³/mol. The zero-order chi connectivity index (χ0) is 15.8. The molecule has 0 fully saturated rings. The number of rotatable bonds is 15. The molecular weight excluding hydrogens is 260 g/mol. The summed E-state index contributed by atoms with van der Waals surface area (Å²) in [4.78, 5) is 11.2. The second kappa shape index (κ2) is 15.6. The molecule has 0 saturated carbocycles. The van der Waals surface area contributed by atoms with E-state index >= 15 is 0 Å². The van der Waals surface area contributed by atoms with Gasteiger partial charge in [0.05, 0.1) is 6.61 Å². The van der Waals surface area contributed by atoms with Crippen molar-refractivity contribution in [1.82, 2.24) is 0 Å². The summed E-state index contributed by atoms with van der Waals surface area (Å²) in [6.45, 7) is 8.52. The number of carbonyl (C=O) groups excluding carboxylic acids is 1. The van der Waals surface area contributed by atoms with Crippen LogP contribution in [0.25, 0.3) is 0 Å². The van der Waals surface area contributed by atoms with Gasteiger partial charge in [0.1, 0.15) is 0 Å². The Balaban J connectivity index is 3.82. The number of unbranched alkanes of at least 4 members (excludes halogenated alkanes) is 8. The van der Waals surface area contributed by atoms with Crippen LogP contribution in [0.2, 0.25) is 0 Å². The highest BCUT2D eigenvalue weighted by atomic mass is 16.5. The lowest BCUT2D eigenvalue weighted by atomic mass is 9.95. The van der Waals surface area contributed by atoms with E-state index in [1.807, 2.05) is 0 Å². The molecule has 0 unspecified atom stereocenters. The van der Waals surface area contributed by atoms with E-state index in [9.17, 15) is 4.79 Å². The van der Waals surface area contributed by atoms with Gasteiger partial charge in [-0.3, -0.25) is 0 Å². The topological polar surface area (TPSA) is 26.3 Å². The predicted octanol–water partition coefficient (Wildman–Crippen LogP) is 6.05. The molecule has 2 heteroatoms. The van der Waals surface area contributed by atoms with Gasteiger partial charge < -0.3 is 4.74 Å². The maximum Gasteiger partial charge on any atom is 0.330 e. The molecule has 0 bridgehead atoms. The van der Waals surface area contributed by atoms with Crippen molar-refractivity contribution < 1.29 is 9.53 Å². The molecule has 0 aliphatic carbocycles. The van der Waals surface area contributed by atoms with Crippen LogP contribution in [0.15, 0.2) is 12.7 Å². The van der Waals surface area contributed by atoms with Crippen molar-refractivity contribution in [2.45, 2.75) is 90.9 Å². The van der Waals surface area contributed by atoms with Crippen LogP contribution in [0.5, 0.6) is 0 Å². The highest BCUT2D eigenvalue weighted by Gasteiger charge is 2.10. The van der Waals surface area contributed by atoms with Crippen LogP contribution in [-0.4, -0.2) is 12.6 Å². The number of carbonyl (C=O) groups is 1. The van der Waals surface area contributed by atoms with Gasteiger partial charge in [0.15, 0.2) is 0 Å². The van der Waals surface area contributed by atoms with Crippen LogP contribution >= 0.6 is 0 Å². The highest BCUT2D eigenvalue weighted by Crippen LogP contribution is 2.19. The van der Waals surface area contributed by atoms with Crippen LogP contribution in [-0.2, 0) is 9.53 Å². The fraction of sp³-hybridized carbons (Fsp3) is 0.842. The van der Waals surface area contributed by atoms with Gasteiger partial charge in [-0.2, -0.15) is 0 Å². The molecule has 21 heavy (non-hydrogen) atoms. The van der Waals surface area contributed by atoms with Crippen molar-refractivity contribution in [3.63, 3.8) is 0 Å². The van der Waals surface area contributed by atoms with Gasteiger partial charge in [-0.15, -0.1) is 0 Å². The van der Waals surface area contributed by atoms with Crippen LogP contribution in [0.1, 0.15) is 90.9 Å². The van der Waals surface area contributed by atoms with Gasteiger partial charge in [0.2, 0.25) is 0 Å². The molecule has 1 atom stereocenters. The van der Waals surface area contributed by atoms with Crippen molar-refractivity contribution in [2.75, 3.05) is 6.61 Å². The maximum atomic E-state index is 11.2. The van der Waals surface area contributed by atoms with E-state index in [1.165, 1.54) is 83.1 Å². The number of hydrogen-bond acceptors (Lipinski definition) is 2. The first-order valence-electron chi connectivity index (χ1n) is 9.03. The first-order chi connectivity index (χ1) is 10.2. The lowest BCUT2D eigenvalue weighted by molar-refractivity contribution is -0.139. The quantitative estimate of drug-likeness (QED) is 0.209. The first-order valence-corrected chi connectivity index (χ1v) is 9.03. The monoisotopic (exact) mass is 296 g/mol. The molecule has 124 valence electrons. The van der Waals surface area contributed by atoms with Crippen molar-refractivity contribution in [1.29, 1.82) is 0 Å². The van der Waals surface area contributed by atoms with E-state index in [4.69, 9.17) is 4.74 Å². The van der Waals surface area contributed by atoms with Gasteiger partial charge >= 0.3 is 5.97 Å². The Bertz CT molecular complexity index is 248. The second-order valence-corrected chi connectivity index (χ2v) is 6.11. The Hall–Kier alpha value is -0.790. The number of esters is 1. The summed E-state index contributed by atoms with van der Waals surface area (Å²) in [5.41, 5.74) is 0. The van der Waals surface area contributed by atoms with Crippen LogP contribution < -0.4 is 0 Å². The molecule has 0 saturated heterocycles. The lowest BCUT2D eigenvalue weighted by Gasteiger charge is -2.16. The third-order valence-corrected chi connectivity index (χ3v) is 4.06. The zero-order valence-electron chi connectivity index (χ0n) is 14.4. The Morgan fingerprint density at radius 2 is 1.38 bits per heavy atom. The van der Waals surface area contributed by atoms with E-state index in [1.54, 1.807) is 0 Å². The Kier molecular flexibility index (Phi) is 15.0. The first kappa shape index (κ1) is 20.2. The Morgan fingerprint density at radius 3 is 1.90 bits per heavy atom. The van der Waals surface area contributed by atoms with E-state index in [-0.39, 0.29) is 5.97 Å². The van der Waals surface area contributed by atoms with Crippen LogP contribution in [0.3, 0.4) is 0 Å². The summed E-state index contributed by atoms with van der Waals surface area (Å²) in [6.07, 6.45) is 16.8. The normalized spacial score (nSPS) is 12.1.